The third-order valence-corrected chi connectivity index (χ3v) is 5.94. The van der Waals surface area contributed by atoms with E-state index in [-0.39, 0.29) is 5.82 Å². The molecule has 0 saturated carbocycles. The standard InChI is InChI=1S/C21H29F2N7O7/c1-20(2,3)37-19(35)30-6-21(22,23)4-9(30)17(34)28-11-10(5-31)36-18(14(33)13(11)32)29-16-12-15(25-7-24-12)26-8-27-16/h7-11,13-14,18,31-33H,4-6H2,1-3H3,(H,28,34)(H2,24,25,26,27,29)/t9-,10+,11+,13-,14+,18+/m1/s1. The molecule has 0 aromatic carbocycles. The van der Waals surface area contributed by atoms with Crippen LogP contribution < -0.4 is 10.6 Å². The second-order valence-corrected chi connectivity index (χ2v) is 9.95. The van der Waals surface area contributed by atoms with Gasteiger partial charge in [-0.2, -0.15) is 0 Å². The Labute approximate surface area is 209 Å². The van der Waals surface area contributed by atoms with Crippen LogP contribution in [0.2, 0.25) is 0 Å². The molecule has 2 aliphatic rings. The Morgan fingerprint density at radius 1 is 1.27 bits per heavy atom. The predicted molar refractivity (Wildman–Crippen MR) is 121 cm³/mol. The maximum atomic E-state index is 14.2. The van der Waals surface area contributed by atoms with Crippen LogP contribution in [0.5, 0.6) is 0 Å². The Morgan fingerprint density at radius 3 is 2.68 bits per heavy atom. The predicted octanol–water partition coefficient (Wildman–Crippen LogP) is -0.667. The van der Waals surface area contributed by atoms with Crippen LogP contribution in [0, 0.1) is 0 Å². The number of hydrogen-bond acceptors (Lipinski definition) is 11. The third kappa shape index (κ3) is 5.71. The lowest BCUT2D eigenvalue weighted by Crippen LogP contribution is -2.67. The Morgan fingerprint density at radius 2 is 2.00 bits per heavy atom. The molecule has 2 saturated heterocycles. The lowest BCUT2D eigenvalue weighted by molar-refractivity contribution is -0.185. The number of nitrogens with zero attached hydrogens (tertiary/aromatic N) is 4. The second-order valence-electron chi connectivity index (χ2n) is 9.95. The van der Waals surface area contributed by atoms with Crippen molar-refractivity contribution in [1.29, 1.82) is 0 Å². The van der Waals surface area contributed by atoms with E-state index in [1.165, 1.54) is 12.7 Å². The van der Waals surface area contributed by atoms with Gasteiger partial charge in [0.05, 0.1) is 25.5 Å². The number of halogens is 2. The zero-order valence-corrected chi connectivity index (χ0v) is 20.3. The molecular formula is C21H29F2N7O7. The molecular weight excluding hydrogens is 500 g/mol. The van der Waals surface area contributed by atoms with Gasteiger partial charge in [0.2, 0.25) is 5.91 Å². The quantitative estimate of drug-likeness (QED) is 0.288. The largest absolute Gasteiger partial charge is 0.444 e. The van der Waals surface area contributed by atoms with E-state index in [0.29, 0.717) is 16.1 Å². The Hall–Kier alpha value is -3.21. The number of H-pyrrole nitrogens is 1. The number of rotatable bonds is 5. The van der Waals surface area contributed by atoms with Gasteiger partial charge in [-0.15, -0.1) is 0 Å². The maximum Gasteiger partial charge on any atom is 0.411 e. The highest BCUT2D eigenvalue weighted by molar-refractivity contribution is 5.87. The van der Waals surface area contributed by atoms with Crippen molar-refractivity contribution in [1.82, 2.24) is 30.2 Å². The van der Waals surface area contributed by atoms with Crippen molar-refractivity contribution in [2.45, 2.75) is 75.3 Å². The summed E-state index contributed by atoms with van der Waals surface area (Å²) in [6.45, 7) is 2.94. The van der Waals surface area contributed by atoms with E-state index in [4.69, 9.17) is 9.47 Å². The lowest BCUT2D eigenvalue weighted by Gasteiger charge is -2.43. The molecule has 4 rings (SSSR count). The highest BCUT2D eigenvalue weighted by Gasteiger charge is 2.53. The molecule has 6 atom stereocenters. The summed E-state index contributed by atoms with van der Waals surface area (Å²) in [6.07, 6.45) is -5.33. The first-order chi connectivity index (χ1) is 17.3. The van der Waals surface area contributed by atoms with E-state index in [1.54, 1.807) is 20.8 Å². The van der Waals surface area contributed by atoms with Crippen LogP contribution in [0.15, 0.2) is 12.7 Å². The number of hydrogen-bond donors (Lipinski definition) is 6. The molecule has 2 aromatic rings. The molecule has 2 aliphatic heterocycles. The number of fused-ring (bicyclic) bond motifs is 1. The fourth-order valence-corrected chi connectivity index (χ4v) is 4.25. The normalized spacial score (nSPS) is 29.8. The minimum atomic E-state index is -3.35. The lowest BCUT2D eigenvalue weighted by atomic mass is 9.95. The van der Waals surface area contributed by atoms with E-state index >= 15 is 0 Å². The Kier molecular flexibility index (Phi) is 7.20. The molecule has 2 amide bonds. The van der Waals surface area contributed by atoms with Crippen LogP contribution in [-0.2, 0) is 14.3 Å². The summed E-state index contributed by atoms with van der Waals surface area (Å²) < 4.78 is 39.2. The minimum Gasteiger partial charge on any atom is -0.444 e. The number of amides is 2. The monoisotopic (exact) mass is 529 g/mol. The van der Waals surface area contributed by atoms with Gasteiger partial charge in [-0.3, -0.25) is 9.69 Å². The molecule has 2 aromatic heterocycles. The van der Waals surface area contributed by atoms with Crippen LogP contribution in [0.1, 0.15) is 27.2 Å². The van der Waals surface area contributed by atoms with Gasteiger partial charge in [0.25, 0.3) is 5.92 Å². The van der Waals surface area contributed by atoms with Gasteiger partial charge in [-0.25, -0.2) is 28.5 Å². The summed E-state index contributed by atoms with van der Waals surface area (Å²) in [5.41, 5.74) is -0.258. The first-order valence-corrected chi connectivity index (χ1v) is 11.5. The van der Waals surface area contributed by atoms with Crippen molar-refractivity contribution in [3.8, 4) is 0 Å². The number of aromatic amines is 1. The second kappa shape index (κ2) is 9.92. The van der Waals surface area contributed by atoms with Crippen molar-refractivity contribution in [3.05, 3.63) is 12.7 Å². The number of carbonyl (C=O) groups is 2. The van der Waals surface area contributed by atoms with Crippen molar-refractivity contribution >= 4 is 29.0 Å². The number of ether oxygens (including phenoxy) is 2. The summed E-state index contributed by atoms with van der Waals surface area (Å²) in [7, 11) is 0. The highest BCUT2D eigenvalue weighted by Crippen LogP contribution is 2.34. The van der Waals surface area contributed by atoms with Gasteiger partial charge in [0.15, 0.2) is 17.7 Å². The number of anilines is 1. The summed E-state index contributed by atoms with van der Waals surface area (Å²) in [4.78, 5) is 41.0. The smallest absolute Gasteiger partial charge is 0.411 e. The maximum absolute atomic E-state index is 14.2. The van der Waals surface area contributed by atoms with Crippen LogP contribution in [-0.4, -0.2) is 113 Å². The number of aliphatic hydroxyl groups excluding tert-OH is 3. The van der Waals surface area contributed by atoms with Gasteiger partial charge in [-0.1, -0.05) is 0 Å². The third-order valence-electron chi connectivity index (χ3n) is 5.94. The molecule has 0 radical (unpaired) electrons. The van der Waals surface area contributed by atoms with Crippen molar-refractivity contribution < 1.29 is 43.2 Å². The summed E-state index contributed by atoms with van der Waals surface area (Å²) in [5.74, 6) is -4.18. The number of imidazole rings is 1. The van der Waals surface area contributed by atoms with Crippen molar-refractivity contribution in [2.24, 2.45) is 0 Å². The molecule has 0 bridgehead atoms. The zero-order valence-electron chi connectivity index (χ0n) is 20.3. The van der Waals surface area contributed by atoms with Crippen LogP contribution in [0.3, 0.4) is 0 Å². The molecule has 37 heavy (non-hydrogen) atoms. The van der Waals surface area contributed by atoms with E-state index in [0.717, 1.165) is 0 Å². The van der Waals surface area contributed by atoms with E-state index in [9.17, 15) is 33.7 Å². The molecule has 204 valence electrons. The average molecular weight is 530 g/mol. The first kappa shape index (κ1) is 26.8. The van der Waals surface area contributed by atoms with E-state index < -0.39 is 79.7 Å². The van der Waals surface area contributed by atoms with E-state index in [2.05, 4.69) is 30.6 Å². The van der Waals surface area contributed by atoms with Gasteiger partial charge in [0, 0.05) is 6.42 Å². The number of alkyl halides is 2. The minimum absolute atomic E-state index is 0.194. The molecule has 0 unspecified atom stereocenters. The van der Waals surface area contributed by atoms with Gasteiger partial charge in [-0.05, 0) is 20.8 Å². The Balaban J connectivity index is 1.48. The summed E-state index contributed by atoms with van der Waals surface area (Å²) in [6, 6.07) is -3.00. The van der Waals surface area contributed by atoms with Crippen LogP contribution in [0.4, 0.5) is 19.4 Å². The zero-order chi connectivity index (χ0) is 27.1. The fraction of sp³-hybridized carbons (Fsp3) is 0.667. The SMILES string of the molecule is CC(C)(C)OC(=O)N1CC(F)(F)C[C@@H]1C(=O)N[C@@H]1[C@@H](O)[C@H](O)[C@@H](Nc2ncnc3nc[nH]c23)O[C@H]1CO. The molecule has 16 heteroatoms. The highest BCUT2D eigenvalue weighted by atomic mass is 19.3. The number of nitrogens with one attached hydrogen (secondary N) is 3. The molecule has 14 nitrogen and oxygen atoms in total. The average Bonchev–Trinajstić information content (AvgIpc) is 3.42. The molecule has 2 fully saturated rings. The van der Waals surface area contributed by atoms with Crippen molar-refractivity contribution in [3.63, 3.8) is 0 Å². The number of aliphatic hydroxyl groups is 3. The molecule has 0 spiro atoms. The van der Waals surface area contributed by atoms with Crippen molar-refractivity contribution in [2.75, 3.05) is 18.5 Å². The van der Waals surface area contributed by atoms with Gasteiger partial charge in [0.1, 0.15) is 41.8 Å². The summed E-state index contributed by atoms with van der Waals surface area (Å²) >= 11 is 0. The molecule has 4 heterocycles. The fourth-order valence-electron chi connectivity index (χ4n) is 4.25. The first-order valence-electron chi connectivity index (χ1n) is 11.5. The van der Waals surface area contributed by atoms with Gasteiger partial charge >= 0.3 is 6.09 Å². The summed E-state index contributed by atoms with van der Waals surface area (Å²) in [5, 5.41) is 36.5. The van der Waals surface area contributed by atoms with Crippen LogP contribution >= 0.6 is 0 Å². The number of aromatic nitrogens is 4. The number of carbonyl (C=O) groups excluding carboxylic acids is 2. The molecule has 0 aliphatic carbocycles. The molecule has 6 N–H and O–H groups in total. The Bertz CT molecular complexity index is 1140. The van der Waals surface area contributed by atoms with Crippen LogP contribution in [0.25, 0.3) is 11.2 Å². The number of likely N-dealkylation sites (tertiary alicyclic amines) is 1. The topological polar surface area (TPSA) is 195 Å². The van der Waals surface area contributed by atoms with E-state index in [1.807, 2.05) is 0 Å². The van der Waals surface area contributed by atoms with Gasteiger partial charge < -0.3 is 40.4 Å².